The second-order valence-electron chi connectivity index (χ2n) is 2.71. The fourth-order valence-electron chi connectivity index (χ4n) is 0.948. The summed E-state index contributed by atoms with van der Waals surface area (Å²) < 4.78 is 24.2. The number of halogens is 2. The predicted octanol–water partition coefficient (Wildman–Crippen LogP) is 2.03. The third-order valence-electron chi connectivity index (χ3n) is 1.84. The summed E-state index contributed by atoms with van der Waals surface area (Å²) in [6.07, 6.45) is 0.896. The molecule has 0 N–H and O–H groups in total. The largest absolute Gasteiger partial charge is 0.374 e. The Kier molecular flexibility index (Phi) is 2.27. The highest BCUT2D eigenvalue weighted by Crippen LogP contribution is 2.17. The van der Waals surface area contributed by atoms with Crippen LogP contribution in [0.5, 0.6) is 0 Å². The summed E-state index contributed by atoms with van der Waals surface area (Å²) in [5.41, 5.74) is 1.22. The van der Waals surface area contributed by atoms with Crippen LogP contribution in [0.25, 0.3) is 0 Å². The molecule has 0 unspecified atom stereocenters. The van der Waals surface area contributed by atoms with E-state index in [9.17, 15) is 8.78 Å². The number of rotatable bonds is 1. The quantitative estimate of drug-likeness (QED) is 0.565. The van der Waals surface area contributed by atoms with E-state index >= 15 is 0 Å². The first-order valence-corrected chi connectivity index (χ1v) is 3.48. The van der Waals surface area contributed by atoms with E-state index in [2.05, 4.69) is 0 Å². The zero-order chi connectivity index (χ0) is 8.43. The first-order chi connectivity index (χ1) is 5.11. The van der Waals surface area contributed by atoms with E-state index in [1.807, 2.05) is 11.8 Å². The summed E-state index contributed by atoms with van der Waals surface area (Å²) in [7, 11) is 1.81. The van der Waals surface area contributed by atoms with Crippen molar-refractivity contribution >= 4 is 0 Å². The molecule has 3 heteroatoms. The minimum Gasteiger partial charge on any atom is -0.374 e. The van der Waals surface area contributed by atoms with E-state index in [0.29, 0.717) is 6.54 Å². The fraction of sp³-hybridized carbons (Fsp3) is 0.500. The minimum absolute atomic E-state index is 0.193. The van der Waals surface area contributed by atoms with Crippen LogP contribution in [0.15, 0.2) is 23.4 Å². The third-order valence-corrected chi connectivity index (χ3v) is 1.84. The molecular weight excluding hydrogens is 148 g/mol. The Balaban J connectivity index is 2.73. The van der Waals surface area contributed by atoms with E-state index in [1.165, 1.54) is 6.08 Å². The van der Waals surface area contributed by atoms with Gasteiger partial charge in [0.25, 0.3) is 6.43 Å². The van der Waals surface area contributed by atoms with Crippen molar-refractivity contribution in [1.29, 1.82) is 0 Å². The molecule has 1 heterocycles. The maximum Gasteiger partial charge on any atom is 0.261 e. The lowest BCUT2D eigenvalue weighted by atomic mass is 10.1. The van der Waals surface area contributed by atoms with Crippen LogP contribution in [-0.2, 0) is 0 Å². The van der Waals surface area contributed by atoms with Gasteiger partial charge in [-0.05, 0) is 13.0 Å². The second-order valence-corrected chi connectivity index (χ2v) is 2.71. The lowest BCUT2D eigenvalue weighted by molar-refractivity contribution is 0.178. The van der Waals surface area contributed by atoms with Crippen LogP contribution in [0.1, 0.15) is 6.92 Å². The highest BCUT2D eigenvalue weighted by Gasteiger charge is 2.15. The average molecular weight is 159 g/mol. The van der Waals surface area contributed by atoms with Gasteiger partial charge in [-0.1, -0.05) is 6.08 Å². The Labute approximate surface area is 65.0 Å². The molecular formula is C8H11F2N. The lowest BCUT2D eigenvalue weighted by Crippen LogP contribution is -2.24. The van der Waals surface area contributed by atoms with Crippen LogP contribution in [0, 0.1) is 0 Å². The highest BCUT2D eigenvalue weighted by atomic mass is 19.3. The molecule has 1 aliphatic rings. The van der Waals surface area contributed by atoms with Gasteiger partial charge in [-0.3, -0.25) is 0 Å². The summed E-state index contributed by atoms with van der Waals surface area (Å²) in [4.78, 5) is 1.81. The zero-order valence-electron chi connectivity index (χ0n) is 6.64. The molecule has 0 aromatic rings. The molecule has 0 spiro atoms. The third kappa shape index (κ3) is 1.79. The zero-order valence-corrected chi connectivity index (χ0v) is 6.64. The normalized spacial score (nSPS) is 18.5. The van der Waals surface area contributed by atoms with Gasteiger partial charge >= 0.3 is 0 Å². The second kappa shape index (κ2) is 3.03. The molecule has 0 aromatic heterocycles. The molecule has 0 amide bonds. The van der Waals surface area contributed by atoms with Crippen LogP contribution in [-0.4, -0.2) is 24.9 Å². The van der Waals surface area contributed by atoms with Crippen molar-refractivity contribution in [3.05, 3.63) is 23.4 Å². The summed E-state index contributed by atoms with van der Waals surface area (Å²) in [6.45, 7) is 2.25. The van der Waals surface area contributed by atoms with Crippen LogP contribution < -0.4 is 0 Å². The minimum atomic E-state index is -2.32. The first kappa shape index (κ1) is 8.24. The van der Waals surface area contributed by atoms with Crippen LogP contribution in [0.2, 0.25) is 0 Å². The topological polar surface area (TPSA) is 3.24 Å². The summed E-state index contributed by atoms with van der Waals surface area (Å²) in [5.74, 6) is 0. The van der Waals surface area contributed by atoms with Crippen LogP contribution in [0.3, 0.4) is 0 Å². The SMILES string of the molecule is CC1=CC=C(C(F)F)CN1C. The Morgan fingerprint density at radius 2 is 2.09 bits per heavy atom. The monoisotopic (exact) mass is 159 g/mol. The van der Waals surface area contributed by atoms with Gasteiger partial charge in [0.05, 0.1) is 0 Å². The standard InChI is InChI=1S/C8H11F2N/c1-6-3-4-7(8(9)10)5-11(6)2/h3-4,8H,5H2,1-2H3. The van der Waals surface area contributed by atoms with Gasteiger partial charge in [0.2, 0.25) is 0 Å². The van der Waals surface area contributed by atoms with Gasteiger partial charge in [-0.2, -0.15) is 0 Å². The van der Waals surface area contributed by atoms with E-state index in [1.54, 1.807) is 13.1 Å². The number of alkyl halides is 2. The van der Waals surface area contributed by atoms with E-state index in [0.717, 1.165) is 5.70 Å². The number of allylic oxidation sites excluding steroid dienone is 3. The van der Waals surface area contributed by atoms with Crippen LogP contribution >= 0.6 is 0 Å². The molecule has 0 aromatic carbocycles. The van der Waals surface area contributed by atoms with Gasteiger partial charge in [-0.25, -0.2) is 8.78 Å². The first-order valence-electron chi connectivity index (χ1n) is 3.48. The summed E-state index contributed by atoms with van der Waals surface area (Å²) in [6, 6.07) is 0. The molecule has 0 saturated carbocycles. The van der Waals surface area contributed by atoms with Gasteiger partial charge in [0.1, 0.15) is 0 Å². The van der Waals surface area contributed by atoms with Crippen molar-refractivity contribution < 1.29 is 8.78 Å². The van der Waals surface area contributed by atoms with Crippen molar-refractivity contribution in [2.24, 2.45) is 0 Å². The number of nitrogens with zero attached hydrogens (tertiary/aromatic N) is 1. The van der Waals surface area contributed by atoms with Crippen LogP contribution in [0.4, 0.5) is 8.78 Å². The molecule has 0 fully saturated rings. The van der Waals surface area contributed by atoms with Crippen molar-refractivity contribution in [3.8, 4) is 0 Å². The molecule has 0 aliphatic carbocycles. The Morgan fingerprint density at radius 1 is 1.45 bits per heavy atom. The molecule has 0 radical (unpaired) electrons. The Hall–Kier alpha value is -0.860. The number of hydrogen-bond donors (Lipinski definition) is 0. The fourth-order valence-corrected chi connectivity index (χ4v) is 0.948. The van der Waals surface area contributed by atoms with Gasteiger partial charge < -0.3 is 4.90 Å². The maximum atomic E-state index is 12.1. The van der Waals surface area contributed by atoms with Crippen molar-refractivity contribution in [3.63, 3.8) is 0 Å². The summed E-state index contributed by atoms with van der Waals surface area (Å²) >= 11 is 0. The van der Waals surface area contributed by atoms with Gasteiger partial charge in [0.15, 0.2) is 0 Å². The van der Waals surface area contributed by atoms with E-state index in [4.69, 9.17) is 0 Å². The Morgan fingerprint density at radius 3 is 2.55 bits per heavy atom. The molecule has 1 aliphatic heterocycles. The van der Waals surface area contributed by atoms with Gasteiger partial charge in [0, 0.05) is 24.9 Å². The number of likely N-dealkylation sites (N-methyl/N-ethyl adjacent to an activating group) is 1. The summed E-state index contributed by atoms with van der Waals surface area (Å²) in [5, 5.41) is 0. The predicted molar refractivity (Wildman–Crippen MR) is 40.5 cm³/mol. The van der Waals surface area contributed by atoms with Crippen molar-refractivity contribution in [1.82, 2.24) is 4.90 Å². The van der Waals surface area contributed by atoms with E-state index < -0.39 is 6.43 Å². The van der Waals surface area contributed by atoms with Crippen molar-refractivity contribution in [2.75, 3.05) is 13.6 Å². The molecule has 62 valence electrons. The van der Waals surface area contributed by atoms with Gasteiger partial charge in [-0.15, -0.1) is 0 Å². The molecule has 0 atom stereocenters. The molecule has 0 bridgehead atoms. The molecule has 11 heavy (non-hydrogen) atoms. The van der Waals surface area contributed by atoms with E-state index in [-0.39, 0.29) is 5.57 Å². The molecule has 1 nitrogen and oxygen atoms in total. The highest BCUT2D eigenvalue weighted by molar-refractivity contribution is 5.24. The molecule has 0 saturated heterocycles. The Bertz CT molecular complexity index is 206. The average Bonchev–Trinajstić information content (AvgIpc) is 1.94. The maximum absolute atomic E-state index is 12.1. The lowest BCUT2D eigenvalue weighted by Gasteiger charge is -2.24. The van der Waals surface area contributed by atoms with Crippen molar-refractivity contribution in [2.45, 2.75) is 13.3 Å². The molecule has 1 rings (SSSR count). The smallest absolute Gasteiger partial charge is 0.261 e. The number of hydrogen-bond acceptors (Lipinski definition) is 1.